The number of carbonyl (C=O) groups is 1. The van der Waals surface area contributed by atoms with Gasteiger partial charge < -0.3 is 10.6 Å². The average molecular weight is 297 g/mol. The number of rotatable bonds is 4. The Morgan fingerprint density at radius 3 is 3.10 bits per heavy atom. The number of hydrogen-bond donors (Lipinski definition) is 1. The summed E-state index contributed by atoms with van der Waals surface area (Å²) in [5.41, 5.74) is 6.49. The van der Waals surface area contributed by atoms with E-state index < -0.39 is 0 Å². The summed E-state index contributed by atoms with van der Waals surface area (Å²) < 4.78 is 0. The third kappa shape index (κ3) is 3.22. The van der Waals surface area contributed by atoms with Crippen LogP contribution in [0.3, 0.4) is 0 Å². The van der Waals surface area contributed by atoms with Crippen LogP contribution in [0.4, 0.5) is 5.69 Å². The first-order chi connectivity index (χ1) is 9.52. The van der Waals surface area contributed by atoms with E-state index in [1.807, 2.05) is 0 Å². The van der Waals surface area contributed by atoms with E-state index >= 15 is 0 Å². The molecule has 2 rings (SSSR count). The summed E-state index contributed by atoms with van der Waals surface area (Å²) in [6, 6.07) is 2.02. The molecular weight excluding hydrogens is 276 g/mol. The van der Waals surface area contributed by atoms with Crippen LogP contribution in [-0.2, 0) is 0 Å². The Hall–Kier alpha value is -1.33. The van der Waals surface area contributed by atoms with Crippen molar-refractivity contribution in [2.24, 2.45) is 0 Å². The number of likely N-dealkylation sites (N-methyl/N-ethyl adjacent to an activating group) is 2. The number of hydrogen-bond acceptors (Lipinski definition) is 4. The highest BCUT2D eigenvalue weighted by atomic mass is 35.5. The summed E-state index contributed by atoms with van der Waals surface area (Å²) in [6.45, 7) is 4.99. The van der Waals surface area contributed by atoms with Crippen molar-refractivity contribution >= 4 is 23.2 Å². The fourth-order valence-corrected chi connectivity index (χ4v) is 2.92. The zero-order valence-electron chi connectivity index (χ0n) is 12.0. The van der Waals surface area contributed by atoms with Crippen molar-refractivity contribution in [2.75, 3.05) is 32.4 Å². The first-order valence-electron chi connectivity index (χ1n) is 6.93. The topological polar surface area (TPSA) is 62.5 Å². The lowest BCUT2D eigenvalue weighted by Crippen LogP contribution is -2.41. The highest BCUT2D eigenvalue weighted by Crippen LogP contribution is 2.20. The monoisotopic (exact) mass is 296 g/mol. The molecular formula is C14H21ClN4O. The van der Waals surface area contributed by atoms with Crippen molar-refractivity contribution in [3.63, 3.8) is 0 Å². The van der Waals surface area contributed by atoms with Gasteiger partial charge in [-0.2, -0.15) is 0 Å². The molecule has 5 nitrogen and oxygen atoms in total. The maximum atomic E-state index is 12.4. The largest absolute Gasteiger partial charge is 0.397 e. The molecule has 1 atom stereocenters. The van der Waals surface area contributed by atoms with Gasteiger partial charge in [-0.1, -0.05) is 18.5 Å². The van der Waals surface area contributed by atoms with Gasteiger partial charge in [-0.3, -0.25) is 9.69 Å². The van der Waals surface area contributed by atoms with E-state index in [-0.39, 0.29) is 11.1 Å². The fraction of sp³-hybridized carbons (Fsp3) is 0.571. The molecule has 0 spiro atoms. The Morgan fingerprint density at radius 2 is 2.40 bits per heavy atom. The molecule has 1 aromatic rings. The second-order valence-corrected chi connectivity index (χ2v) is 5.58. The Kier molecular flexibility index (Phi) is 4.83. The van der Waals surface area contributed by atoms with Crippen LogP contribution in [0.1, 0.15) is 30.1 Å². The lowest BCUT2D eigenvalue weighted by atomic mass is 10.2. The number of nitrogen functional groups attached to an aromatic ring is 1. The van der Waals surface area contributed by atoms with Crippen LogP contribution in [-0.4, -0.2) is 53.4 Å². The van der Waals surface area contributed by atoms with Gasteiger partial charge in [0.25, 0.3) is 5.91 Å². The van der Waals surface area contributed by atoms with Crippen molar-refractivity contribution in [1.82, 2.24) is 14.8 Å². The molecule has 2 N–H and O–H groups in total. The normalized spacial score (nSPS) is 19.2. The number of carbonyl (C=O) groups excluding carboxylic acids is 1. The van der Waals surface area contributed by atoms with Crippen LogP contribution in [0.5, 0.6) is 0 Å². The third-order valence-corrected chi connectivity index (χ3v) is 4.13. The number of pyridine rings is 1. The SMILES string of the molecule is CCN1CCCC1CN(C)C(=O)c1cc(N)cnc1Cl. The predicted octanol–water partition coefficient (Wildman–Crippen LogP) is 1.87. The summed E-state index contributed by atoms with van der Waals surface area (Å²) in [5.74, 6) is -0.127. The van der Waals surface area contributed by atoms with Crippen molar-refractivity contribution in [2.45, 2.75) is 25.8 Å². The van der Waals surface area contributed by atoms with Gasteiger partial charge in [0.15, 0.2) is 0 Å². The molecule has 1 unspecified atom stereocenters. The van der Waals surface area contributed by atoms with Crippen molar-refractivity contribution in [3.05, 3.63) is 23.0 Å². The minimum absolute atomic E-state index is 0.127. The highest BCUT2D eigenvalue weighted by molar-refractivity contribution is 6.32. The highest BCUT2D eigenvalue weighted by Gasteiger charge is 2.26. The molecule has 1 amide bonds. The van der Waals surface area contributed by atoms with Crippen LogP contribution in [0.25, 0.3) is 0 Å². The van der Waals surface area contributed by atoms with E-state index in [2.05, 4.69) is 16.8 Å². The van der Waals surface area contributed by atoms with Gasteiger partial charge >= 0.3 is 0 Å². The summed E-state index contributed by atoms with van der Waals surface area (Å²) in [6.07, 6.45) is 3.78. The van der Waals surface area contributed by atoms with Gasteiger partial charge in [-0.05, 0) is 32.0 Å². The molecule has 0 aromatic carbocycles. The van der Waals surface area contributed by atoms with Gasteiger partial charge in [-0.15, -0.1) is 0 Å². The zero-order chi connectivity index (χ0) is 14.7. The smallest absolute Gasteiger partial charge is 0.256 e. The van der Waals surface area contributed by atoms with Crippen molar-refractivity contribution in [1.29, 1.82) is 0 Å². The average Bonchev–Trinajstić information content (AvgIpc) is 2.87. The minimum atomic E-state index is -0.127. The zero-order valence-corrected chi connectivity index (χ0v) is 12.7. The molecule has 1 aromatic heterocycles. The molecule has 20 heavy (non-hydrogen) atoms. The molecule has 0 bridgehead atoms. The number of anilines is 1. The van der Waals surface area contributed by atoms with E-state index in [9.17, 15) is 4.79 Å². The van der Waals surface area contributed by atoms with Crippen LogP contribution >= 0.6 is 11.6 Å². The van der Waals surface area contributed by atoms with Gasteiger partial charge in [0, 0.05) is 19.6 Å². The summed E-state index contributed by atoms with van der Waals surface area (Å²) in [4.78, 5) is 20.5. The second-order valence-electron chi connectivity index (χ2n) is 5.22. The van der Waals surface area contributed by atoms with E-state index in [1.165, 1.54) is 12.6 Å². The lowest BCUT2D eigenvalue weighted by molar-refractivity contribution is 0.0754. The van der Waals surface area contributed by atoms with Gasteiger partial charge in [-0.25, -0.2) is 4.98 Å². The summed E-state index contributed by atoms with van der Waals surface area (Å²) in [5, 5.41) is 0.204. The number of nitrogens with zero attached hydrogens (tertiary/aromatic N) is 3. The molecule has 110 valence electrons. The van der Waals surface area contributed by atoms with Crippen molar-refractivity contribution < 1.29 is 4.79 Å². The molecule has 2 heterocycles. The van der Waals surface area contributed by atoms with Gasteiger partial charge in [0.05, 0.1) is 17.4 Å². The third-order valence-electron chi connectivity index (χ3n) is 3.83. The van der Waals surface area contributed by atoms with Crippen LogP contribution in [0, 0.1) is 0 Å². The molecule has 1 saturated heterocycles. The van der Waals surface area contributed by atoms with E-state index in [4.69, 9.17) is 17.3 Å². The molecule has 0 aliphatic carbocycles. The molecule has 0 radical (unpaired) electrons. The van der Waals surface area contributed by atoms with Gasteiger partial charge in [0.2, 0.25) is 0 Å². The van der Waals surface area contributed by atoms with E-state index in [0.717, 1.165) is 19.5 Å². The molecule has 1 aliphatic heterocycles. The van der Waals surface area contributed by atoms with Crippen LogP contribution in [0.15, 0.2) is 12.3 Å². The Labute approximate surface area is 124 Å². The number of halogens is 1. The number of nitrogens with two attached hydrogens (primary N) is 1. The summed E-state index contributed by atoms with van der Waals surface area (Å²) in [7, 11) is 1.80. The quantitative estimate of drug-likeness (QED) is 0.862. The van der Waals surface area contributed by atoms with E-state index in [1.54, 1.807) is 18.0 Å². The molecule has 1 aliphatic rings. The number of likely N-dealkylation sites (tertiary alicyclic amines) is 1. The van der Waals surface area contributed by atoms with Crippen molar-refractivity contribution in [3.8, 4) is 0 Å². The standard InChI is InChI=1S/C14H21ClN4O/c1-3-19-6-4-5-11(19)9-18(2)14(20)12-7-10(16)8-17-13(12)15/h7-8,11H,3-6,9,16H2,1-2H3. The van der Waals surface area contributed by atoms with E-state index in [0.29, 0.717) is 23.8 Å². The maximum absolute atomic E-state index is 12.4. The van der Waals surface area contributed by atoms with Gasteiger partial charge in [0.1, 0.15) is 5.15 Å². The number of amides is 1. The predicted molar refractivity (Wildman–Crippen MR) is 80.9 cm³/mol. The first kappa shape index (κ1) is 15.1. The second kappa shape index (κ2) is 6.41. The minimum Gasteiger partial charge on any atom is -0.397 e. The Bertz CT molecular complexity index is 494. The number of aromatic nitrogens is 1. The summed E-state index contributed by atoms with van der Waals surface area (Å²) >= 11 is 5.98. The maximum Gasteiger partial charge on any atom is 0.256 e. The van der Waals surface area contributed by atoms with Crippen LogP contribution < -0.4 is 5.73 Å². The fourth-order valence-electron chi connectivity index (χ4n) is 2.74. The molecule has 1 fully saturated rings. The Morgan fingerprint density at radius 1 is 1.65 bits per heavy atom. The van der Waals surface area contributed by atoms with Crippen LogP contribution in [0.2, 0.25) is 5.15 Å². The molecule has 6 heteroatoms. The molecule has 0 saturated carbocycles. The lowest BCUT2D eigenvalue weighted by Gasteiger charge is -2.28. The first-order valence-corrected chi connectivity index (χ1v) is 7.31. The Balaban J connectivity index is 2.07.